The van der Waals surface area contributed by atoms with Gasteiger partial charge in [0.15, 0.2) is 0 Å². The topological polar surface area (TPSA) is 122 Å². The van der Waals surface area contributed by atoms with E-state index in [9.17, 15) is 13.2 Å². The number of sulfonamides is 1. The lowest BCUT2D eigenvalue weighted by molar-refractivity contribution is -0.115. The summed E-state index contributed by atoms with van der Waals surface area (Å²) in [5.74, 6) is 0.215. The third kappa shape index (κ3) is 4.41. The predicted octanol–water partition coefficient (Wildman–Crippen LogP) is 2.56. The number of carbonyl (C=O) groups excluding carboxylic acids is 1. The molecule has 4 rings (SSSR count). The number of pyridine rings is 1. The van der Waals surface area contributed by atoms with Gasteiger partial charge in [0.2, 0.25) is 10.0 Å². The number of thiocarbonyl (C=S) groups is 1. The van der Waals surface area contributed by atoms with Crippen LogP contribution in [0.4, 0.5) is 0 Å². The second-order valence-electron chi connectivity index (χ2n) is 6.71. The number of furan rings is 1. The van der Waals surface area contributed by atoms with Crippen LogP contribution in [0.3, 0.4) is 0 Å². The van der Waals surface area contributed by atoms with Crippen LogP contribution in [0.2, 0.25) is 0 Å². The fraction of sp³-hybridized carbons (Fsp3) is 0.150. The molecule has 0 radical (unpaired) electrons. The molecule has 8 nitrogen and oxygen atoms in total. The molecule has 1 saturated heterocycles. The molecule has 3 N–H and O–H groups in total. The average Bonchev–Trinajstić information content (AvgIpc) is 3.27. The standard InChI is InChI=1S/C20H17N3O5S3/c1-11-6-12(2-3-17(11)31(26,27)22-4-5-24)15-10-21-9-13-7-14(28-18(13)15)8-16-19(25)23-20(29)30-16/h2-3,6-10,22,24H,4-5H2,1H3,(H,23,25,29)/b16-8+. The zero-order valence-electron chi connectivity index (χ0n) is 16.2. The van der Waals surface area contributed by atoms with Gasteiger partial charge in [-0.05, 0) is 36.2 Å². The Bertz CT molecular complexity index is 1350. The molecule has 3 heterocycles. The number of nitrogens with zero attached hydrogens (tertiary/aromatic N) is 1. The van der Waals surface area contributed by atoms with Crippen LogP contribution < -0.4 is 10.0 Å². The Hall–Kier alpha value is -2.57. The molecule has 31 heavy (non-hydrogen) atoms. The molecule has 160 valence electrons. The van der Waals surface area contributed by atoms with Crippen molar-refractivity contribution in [3.63, 3.8) is 0 Å². The van der Waals surface area contributed by atoms with Gasteiger partial charge >= 0.3 is 0 Å². The number of benzene rings is 1. The van der Waals surface area contributed by atoms with Crippen LogP contribution in [0.1, 0.15) is 11.3 Å². The minimum Gasteiger partial charge on any atom is -0.456 e. The second-order valence-corrected chi connectivity index (χ2v) is 10.2. The van der Waals surface area contributed by atoms with Gasteiger partial charge in [0, 0.05) is 36.0 Å². The third-order valence-electron chi connectivity index (χ3n) is 4.54. The summed E-state index contributed by atoms with van der Waals surface area (Å²) in [7, 11) is -3.72. The van der Waals surface area contributed by atoms with Gasteiger partial charge in [0.05, 0.1) is 16.4 Å². The summed E-state index contributed by atoms with van der Waals surface area (Å²) in [4.78, 5) is 16.7. The van der Waals surface area contributed by atoms with E-state index in [2.05, 4.69) is 15.0 Å². The number of rotatable bonds is 6. The van der Waals surface area contributed by atoms with Crippen LogP contribution in [0.25, 0.3) is 28.2 Å². The summed E-state index contributed by atoms with van der Waals surface area (Å²) in [6, 6.07) is 6.70. The molecule has 2 aromatic heterocycles. The minimum atomic E-state index is -3.72. The number of hydrogen-bond donors (Lipinski definition) is 3. The van der Waals surface area contributed by atoms with Crippen molar-refractivity contribution in [2.24, 2.45) is 0 Å². The Morgan fingerprint density at radius 1 is 1.32 bits per heavy atom. The van der Waals surface area contributed by atoms with E-state index < -0.39 is 10.0 Å². The maximum atomic E-state index is 12.4. The Labute approximate surface area is 187 Å². The fourth-order valence-electron chi connectivity index (χ4n) is 3.19. The Kier molecular flexibility index (Phi) is 5.95. The Morgan fingerprint density at radius 3 is 2.81 bits per heavy atom. The number of hydrogen-bond acceptors (Lipinski definition) is 8. The summed E-state index contributed by atoms with van der Waals surface area (Å²) < 4.78 is 33.5. The quantitative estimate of drug-likeness (QED) is 0.367. The zero-order chi connectivity index (χ0) is 22.2. The molecule has 0 bridgehead atoms. The summed E-state index contributed by atoms with van der Waals surface area (Å²) in [5, 5.41) is 12.2. The van der Waals surface area contributed by atoms with E-state index in [0.29, 0.717) is 31.7 Å². The predicted molar refractivity (Wildman–Crippen MR) is 123 cm³/mol. The SMILES string of the molecule is Cc1cc(-c2cncc3cc(/C=C4/SC(=S)NC4=O)oc23)ccc1S(=O)(=O)NCCO. The van der Waals surface area contributed by atoms with Crippen LogP contribution in [-0.2, 0) is 14.8 Å². The molecule has 1 aliphatic heterocycles. The molecule has 0 atom stereocenters. The van der Waals surface area contributed by atoms with Gasteiger partial charge in [-0.25, -0.2) is 13.1 Å². The van der Waals surface area contributed by atoms with Gasteiger partial charge in [-0.2, -0.15) is 0 Å². The van der Waals surface area contributed by atoms with Crippen molar-refractivity contribution in [3.05, 3.63) is 52.9 Å². The molecule has 1 aromatic carbocycles. The van der Waals surface area contributed by atoms with Crippen molar-refractivity contribution in [2.75, 3.05) is 13.2 Å². The number of aryl methyl sites for hydroxylation is 1. The van der Waals surface area contributed by atoms with Crippen LogP contribution in [0.5, 0.6) is 0 Å². The van der Waals surface area contributed by atoms with E-state index in [1.54, 1.807) is 43.6 Å². The van der Waals surface area contributed by atoms with Crippen molar-refractivity contribution in [2.45, 2.75) is 11.8 Å². The third-order valence-corrected chi connectivity index (χ3v) is 7.32. The van der Waals surface area contributed by atoms with Crippen LogP contribution in [0, 0.1) is 6.92 Å². The summed E-state index contributed by atoms with van der Waals surface area (Å²) >= 11 is 6.17. The number of nitrogens with one attached hydrogen (secondary N) is 2. The number of aromatic nitrogens is 1. The lowest BCUT2D eigenvalue weighted by Crippen LogP contribution is -2.27. The van der Waals surface area contributed by atoms with E-state index in [-0.39, 0.29) is 24.0 Å². The highest BCUT2D eigenvalue weighted by Gasteiger charge is 2.23. The molecule has 11 heteroatoms. The van der Waals surface area contributed by atoms with Gasteiger partial charge in [0.25, 0.3) is 5.91 Å². The van der Waals surface area contributed by atoms with Crippen LogP contribution >= 0.6 is 24.0 Å². The number of carbonyl (C=O) groups is 1. The van der Waals surface area contributed by atoms with Crippen molar-refractivity contribution in [1.29, 1.82) is 0 Å². The Morgan fingerprint density at radius 2 is 2.13 bits per heavy atom. The molecule has 1 fully saturated rings. The smallest absolute Gasteiger partial charge is 0.263 e. The first-order chi connectivity index (χ1) is 14.8. The molecule has 1 amide bonds. The van der Waals surface area contributed by atoms with E-state index in [1.807, 2.05) is 0 Å². The van der Waals surface area contributed by atoms with Gasteiger partial charge < -0.3 is 14.8 Å². The Balaban J connectivity index is 1.73. The van der Waals surface area contributed by atoms with Gasteiger partial charge in [-0.1, -0.05) is 30.0 Å². The van der Waals surface area contributed by atoms with Crippen molar-refractivity contribution in [1.82, 2.24) is 15.0 Å². The minimum absolute atomic E-state index is 0.0571. The van der Waals surface area contributed by atoms with Gasteiger partial charge in [0.1, 0.15) is 15.7 Å². The number of amides is 1. The van der Waals surface area contributed by atoms with Crippen LogP contribution in [0.15, 0.2) is 50.9 Å². The first-order valence-electron chi connectivity index (χ1n) is 9.12. The molecule has 1 aliphatic rings. The van der Waals surface area contributed by atoms with Crippen LogP contribution in [-0.4, -0.2) is 41.9 Å². The molecular formula is C20H17N3O5S3. The highest BCUT2D eigenvalue weighted by atomic mass is 32.2. The molecule has 0 unspecified atom stereocenters. The number of fused-ring (bicyclic) bond motifs is 1. The summed E-state index contributed by atoms with van der Waals surface area (Å²) in [6.07, 6.45) is 4.92. The monoisotopic (exact) mass is 475 g/mol. The number of thioether (sulfide) groups is 1. The highest BCUT2D eigenvalue weighted by molar-refractivity contribution is 8.26. The average molecular weight is 476 g/mol. The molecule has 3 aromatic rings. The molecular weight excluding hydrogens is 458 g/mol. The normalized spacial score (nSPS) is 15.7. The van der Waals surface area contributed by atoms with Crippen molar-refractivity contribution in [3.8, 4) is 11.1 Å². The second kappa shape index (κ2) is 8.52. The summed E-state index contributed by atoms with van der Waals surface area (Å²) in [5.41, 5.74) is 2.54. The fourth-order valence-corrected chi connectivity index (χ4v) is 5.46. The first-order valence-corrected chi connectivity index (χ1v) is 11.8. The number of aliphatic hydroxyl groups excluding tert-OH is 1. The zero-order valence-corrected chi connectivity index (χ0v) is 18.7. The van der Waals surface area contributed by atoms with E-state index in [1.165, 1.54) is 17.8 Å². The van der Waals surface area contributed by atoms with Gasteiger partial charge in [-0.15, -0.1) is 0 Å². The van der Waals surface area contributed by atoms with Crippen molar-refractivity contribution >= 4 is 61.3 Å². The van der Waals surface area contributed by atoms with E-state index in [4.69, 9.17) is 21.7 Å². The maximum absolute atomic E-state index is 12.4. The maximum Gasteiger partial charge on any atom is 0.263 e. The first kappa shape index (κ1) is 21.7. The molecule has 0 aliphatic carbocycles. The molecule has 0 spiro atoms. The van der Waals surface area contributed by atoms with Crippen molar-refractivity contribution < 1.29 is 22.7 Å². The molecule has 0 saturated carbocycles. The lowest BCUT2D eigenvalue weighted by Gasteiger charge is -2.10. The highest BCUT2D eigenvalue weighted by Crippen LogP contribution is 2.34. The summed E-state index contributed by atoms with van der Waals surface area (Å²) in [6.45, 7) is 1.35. The van der Waals surface area contributed by atoms with E-state index in [0.717, 1.165) is 10.9 Å². The van der Waals surface area contributed by atoms with Gasteiger partial charge in [-0.3, -0.25) is 9.78 Å². The van der Waals surface area contributed by atoms with E-state index >= 15 is 0 Å². The largest absolute Gasteiger partial charge is 0.456 e. The lowest BCUT2D eigenvalue weighted by atomic mass is 10.0. The number of aliphatic hydroxyl groups is 1.